The first-order chi connectivity index (χ1) is 10.0. The Morgan fingerprint density at radius 2 is 2.29 bits per heavy atom. The second-order valence-electron chi connectivity index (χ2n) is 4.24. The van der Waals surface area contributed by atoms with Crippen LogP contribution in [0.25, 0.3) is 0 Å². The number of benzene rings is 1. The number of carbonyl (C=O) groups is 1. The number of hydrazine groups is 1. The molecule has 9 nitrogen and oxygen atoms in total. The first kappa shape index (κ1) is 14.5. The highest BCUT2D eigenvalue weighted by molar-refractivity contribution is 6.01. The highest BCUT2D eigenvalue weighted by atomic mass is 16.6. The molecule has 0 spiro atoms. The van der Waals surface area contributed by atoms with Crippen LogP contribution in [0.3, 0.4) is 0 Å². The number of carbonyl (C=O) groups excluding carboxylic acids is 1. The van der Waals surface area contributed by atoms with E-state index in [0.29, 0.717) is 5.82 Å². The van der Waals surface area contributed by atoms with Crippen LogP contribution in [-0.2, 0) is 13.6 Å². The standard InChI is InChI=1S/C12H14N6O3/c1-17-6-5-14-10(17)7-15-12(19)8-3-2-4-9(18(20)21)11(8)16-13/h2-6,16H,7,13H2,1H3,(H,15,19). The Balaban J connectivity index is 2.21. The van der Waals surface area contributed by atoms with Gasteiger partial charge in [0, 0.05) is 25.5 Å². The molecule has 9 heteroatoms. The Bertz CT molecular complexity index is 681. The van der Waals surface area contributed by atoms with E-state index in [0.717, 1.165) is 0 Å². The molecule has 0 aliphatic heterocycles. The van der Waals surface area contributed by atoms with Crippen molar-refractivity contribution in [2.24, 2.45) is 12.9 Å². The number of amides is 1. The monoisotopic (exact) mass is 290 g/mol. The van der Waals surface area contributed by atoms with Crippen molar-refractivity contribution >= 4 is 17.3 Å². The van der Waals surface area contributed by atoms with Gasteiger partial charge in [0.2, 0.25) is 0 Å². The Morgan fingerprint density at radius 1 is 1.52 bits per heavy atom. The molecule has 0 atom stereocenters. The molecule has 1 heterocycles. The third kappa shape index (κ3) is 2.98. The molecule has 0 aliphatic rings. The van der Waals surface area contributed by atoms with Gasteiger partial charge in [-0.2, -0.15) is 0 Å². The highest BCUT2D eigenvalue weighted by Crippen LogP contribution is 2.27. The van der Waals surface area contributed by atoms with Gasteiger partial charge in [-0.05, 0) is 6.07 Å². The molecule has 0 saturated heterocycles. The SMILES string of the molecule is Cn1ccnc1CNC(=O)c1cccc([N+](=O)[O-])c1NN. The lowest BCUT2D eigenvalue weighted by molar-refractivity contribution is -0.384. The van der Waals surface area contributed by atoms with Crippen LogP contribution in [0.15, 0.2) is 30.6 Å². The van der Waals surface area contributed by atoms with Crippen LogP contribution in [0.5, 0.6) is 0 Å². The predicted octanol–water partition coefficient (Wildman–Crippen LogP) is 0.544. The van der Waals surface area contributed by atoms with E-state index in [-0.39, 0.29) is 23.5 Å². The molecule has 0 fully saturated rings. The van der Waals surface area contributed by atoms with Gasteiger partial charge in [0.25, 0.3) is 11.6 Å². The van der Waals surface area contributed by atoms with Crippen LogP contribution in [0.4, 0.5) is 11.4 Å². The summed E-state index contributed by atoms with van der Waals surface area (Å²) in [6.45, 7) is 0.203. The minimum absolute atomic E-state index is 0.0279. The van der Waals surface area contributed by atoms with Gasteiger partial charge >= 0.3 is 0 Å². The Morgan fingerprint density at radius 3 is 2.86 bits per heavy atom. The zero-order chi connectivity index (χ0) is 15.4. The largest absolute Gasteiger partial charge is 0.345 e. The number of nitrogen functional groups attached to an aromatic ring is 1. The van der Waals surface area contributed by atoms with Gasteiger partial charge in [0.05, 0.1) is 17.0 Å². The van der Waals surface area contributed by atoms with Crippen molar-refractivity contribution in [1.29, 1.82) is 0 Å². The zero-order valence-corrected chi connectivity index (χ0v) is 11.2. The van der Waals surface area contributed by atoms with Crippen molar-refractivity contribution < 1.29 is 9.72 Å². The Labute approximate surface area is 119 Å². The van der Waals surface area contributed by atoms with Crippen LogP contribution in [0.2, 0.25) is 0 Å². The van der Waals surface area contributed by atoms with Gasteiger partial charge in [-0.25, -0.2) is 4.98 Å². The number of nitrogens with zero attached hydrogens (tertiary/aromatic N) is 3. The first-order valence-corrected chi connectivity index (χ1v) is 6.03. The molecule has 1 aromatic carbocycles. The molecule has 21 heavy (non-hydrogen) atoms. The number of imidazole rings is 1. The second kappa shape index (κ2) is 6.01. The summed E-state index contributed by atoms with van der Waals surface area (Å²) in [4.78, 5) is 26.5. The molecule has 4 N–H and O–H groups in total. The lowest BCUT2D eigenvalue weighted by Gasteiger charge is -2.10. The van der Waals surface area contributed by atoms with E-state index in [1.807, 2.05) is 0 Å². The van der Waals surface area contributed by atoms with Crippen LogP contribution >= 0.6 is 0 Å². The van der Waals surface area contributed by atoms with Crippen molar-refractivity contribution in [2.75, 3.05) is 5.43 Å². The molecule has 0 unspecified atom stereocenters. The second-order valence-corrected chi connectivity index (χ2v) is 4.24. The summed E-state index contributed by atoms with van der Waals surface area (Å²) in [6.07, 6.45) is 3.36. The number of para-hydroxylation sites is 1. The van der Waals surface area contributed by atoms with Gasteiger partial charge < -0.3 is 15.3 Å². The van der Waals surface area contributed by atoms with Crippen molar-refractivity contribution in [1.82, 2.24) is 14.9 Å². The highest BCUT2D eigenvalue weighted by Gasteiger charge is 2.20. The number of nitro benzene ring substituents is 1. The third-order valence-corrected chi connectivity index (χ3v) is 2.96. The number of nitro groups is 1. The fraction of sp³-hybridized carbons (Fsp3) is 0.167. The summed E-state index contributed by atoms with van der Waals surface area (Å²) in [6, 6.07) is 4.15. The number of anilines is 1. The smallest absolute Gasteiger partial charge is 0.294 e. The molecule has 1 amide bonds. The summed E-state index contributed by atoms with van der Waals surface area (Å²) in [5.41, 5.74) is 2.02. The number of hydrogen-bond acceptors (Lipinski definition) is 6. The van der Waals surface area contributed by atoms with Crippen molar-refractivity contribution in [3.8, 4) is 0 Å². The van der Waals surface area contributed by atoms with Crippen LogP contribution in [0, 0.1) is 10.1 Å². The lowest BCUT2D eigenvalue weighted by atomic mass is 10.1. The first-order valence-electron chi connectivity index (χ1n) is 6.03. The third-order valence-electron chi connectivity index (χ3n) is 2.96. The van der Waals surface area contributed by atoms with E-state index in [1.165, 1.54) is 18.2 Å². The molecule has 0 saturated carbocycles. The van der Waals surface area contributed by atoms with Crippen molar-refractivity contribution in [3.05, 3.63) is 52.1 Å². The van der Waals surface area contributed by atoms with E-state index in [9.17, 15) is 14.9 Å². The number of aromatic nitrogens is 2. The minimum Gasteiger partial charge on any atom is -0.345 e. The van der Waals surface area contributed by atoms with Gasteiger partial charge in [-0.3, -0.25) is 20.8 Å². The van der Waals surface area contributed by atoms with E-state index in [2.05, 4.69) is 15.7 Å². The van der Waals surface area contributed by atoms with Gasteiger partial charge in [0.15, 0.2) is 0 Å². The zero-order valence-electron chi connectivity index (χ0n) is 11.2. The van der Waals surface area contributed by atoms with E-state index >= 15 is 0 Å². The summed E-state index contributed by atoms with van der Waals surface area (Å²) in [5.74, 6) is 5.48. The van der Waals surface area contributed by atoms with Crippen molar-refractivity contribution in [3.63, 3.8) is 0 Å². The summed E-state index contributed by atoms with van der Waals surface area (Å²) < 4.78 is 1.76. The van der Waals surface area contributed by atoms with Gasteiger partial charge in [0.1, 0.15) is 11.5 Å². The number of nitrogens with one attached hydrogen (secondary N) is 2. The average molecular weight is 290 g/mol. The molecule has 0 aliphatic carbocycles. The normalized spacial score (nSPS) is 10.2. The van der Waals surface area contributed by atoms with E-state index in [1.54, 1.807) is 24.0 Å². The molecular weight excluding hydrogens is 276 g/mol. The molecular formula is C12H14N6O3. The molecule has 2 rings (SSSR count). The summed E-state index contributed by atoms with van der Waals surface area (Å²) in [5, 5.41) is 13.6. The van der Waals surface area contributed by atoms with Crippen LogP contribution < -0.4 is 16.6 Å². The lowest BCUT2D eigenvalue weighted by Crippen LogP contribution is -2.26. The molecule has 0 radical (unpaired) electrons. The molecule has 0 bridgehead atoms. The molecule has 110 valence electrons. The molecule has 1 aromatic heterocycles. The Hall–Kier alpha value is -2.94. The molecule has 2 aromatic rings. The maximum absolute atomic E-state index is 12.1. The van der Waals surface area contributed by atoms with E-state index in [4.69, 9.17) is 5.84 Å². The maximum Gasteiger partial charge on any atom is 0.294 e. The van der Waals surface area contributed by atoms with Crippen molar-refractivity contribution in [2.45, 2.75) is 6.54 Å². The quantitative estimate of drug-likeness (QED) is 0.419. The maximum atomic E-state index is 12.1. The average Bonchev–Trinajstić information content (AvgIpc) is 2.89. The van der Waals surface area contributed by atoms with Crippen LogP contribution in [-0.4, -0.2) is 20.4 Å². The van der Waals surface area contributed by atoms with Gasteiger partial charge in [-0.1, -0.05) is 6.07 Å². The summed E-state index contributed by atoms with van der Waals surface area (Å²) >= 11 is 0. The number of nitrogens with two attached hydrogens (primary N) is 1. The minimum atomic E-state index is -0.606. The van der Waals surface area contributed by atoms with Gasteiger partial charge in [-0.15, -0.1) is 0 Å². The predicted molar refractivity (Wildman–Crippen MR) is 75.3 cm³/mol. The van der Waals surface area contributed by atoms with Crippen LogP contribution in [0.1, 0.15) is 16.2 Å². The number of aryl methyl sites for hydroxylation is 1. The fourth-order valence-electron chi connectivity index (χ4n) is 1.85. The van der Waals surface area contributed by atoms with E-state index < -0.39 is 10.8 Å². The summed E-state index contributed by atoms with van der Waals surface area (Å²) in [7, 11) is 1.80. The number of rotatable bonds is 5. The fourth-order valence-corrected chi connectivity index (χ4v) is 1.85. The number of hydrogen-bond donors (Lipinski definition) is 3. The Kier molecular flexibility index (Phi) is 4.14. The topological polar surface area (TPSA) is 128 Å².